The highest BCUT2D eigenvalue weighted by molar-refractivity contribution is 5.85. The van der Waals surface area contributed by atoms with E-state index in [1.54, 1.807) is 7.11 Å². The van der Waals surface area contributed by atoms with Gasteiger partial charge in [0.25, 0.3) is 0 Å². The number of methoxy groups -OCH3 is 1. The minimum atomic E-state index is 0. The first-order valence-corrected chi connectivity index (χ1v) is 7.80. The number of amides is 1. The van der Waals surface area contributed by atoms with Crippen LogP contribution in [-0.4, -0.2) is 44.1 Å². The van der Waals surface area contributed by atoms with Gasteiger partial charge in [0, 0.05) is 20.2 Å². The number of nitrogens with one attached hydrogen (secondary N) is 1. The third-order valence-corrected chi connectivity index (χ3v) is 4.29. The molecule has 2 rings (SSSR count). The molecule has 0 radical (unpaired) electrons. The lowest BCUT2D eigenvalue weighted by Crippen LogP contribution is -2.38. The zero-order valence-electron chi connectivity index (χ0n) is 14.0. The predicted molar refractivity (Wildman–Crippen MR) is 94.5 cm³/mol. The molecule has 0 spiro atoms. The van der Waals surface area contributed by atoms with E-state index in [1.807, 2.05) is 18.2 Å². The number of halogens is 1. The molecule has 1 heterocycles. The predicted octanol–water partition coefficient (Wildman–Crippen LogP) is 1.54. The highest BCUT2D eigenvalue weighted by Crippen LogP contribution is 2.27. The van der Waals surface area contributed by atoms with E-state index < -0.39 is 0 Å². The Balaban J connectivity index is 0.00000264. The van der Waals surface area contributed by atoms with Gasteiger partial charge in [-0.15, -0.1) is 12.4 Å². The Kier molecular flexibility index (Phi) is 7.99. The van der Waals surface area contributed by atoms with Crippen LogP contribution >= 0.6 is 12.4 Å². The van der Waals surface area contributed by atoms with E-state index in [9.17, 15) is 4.79 Å². The average Bonchev–Trinajstić information content (AvgIpc) is 2.88. The fourth-order valence-electron chi connectivity index (χ4n) is 2.88. The summed E-state index contributed by atoms with van der Waals surface area (Å²) in [7, 11) is 1.68. The Bertz CT molecular complexity index is 512. The molecule has 1 aromatic carbocycles. The Morgan fingerprint density at radius 2 is 2.17 bits per heavy atom. The molecule has 1 aliphatic rings. The number of hydrogen-bond acceptors (Lipinski definition) is 4. The summed E-state index contributed by atoms with van der Waals surface area (Å²) in [4.78, 5) is 14.3. The van der Waals surface area contributed by atoms with Gasteiger partial charge in [-0.3, -0.25) is 9.69 Å². The number of nitrogens with zero attached hydrogens (tertiary/aromatic N) is 1. The van der Waals surface area contributed by atoms with Crippen LogP contribution in [0.5, 0.6) is 0 Å². The van der Waals surface area contributed by atoms with E-state index in [1.165, 1.54) is 0 Å². The van der Waals surface area contributed by atoms with E-state index >= 15 is 0 Å². The Hall–Kier alpha value is -1.14. The SMILES string of the molecule is COCc1cccc(CNC(=O)CN2CCC(C)(CN)C2)c1.Cl. The molecule has 0 aromatic heterocycles. The van der Waals surface area contributed by atoms with Crippen molar-refractivity contribution in [1.82, 2.24) is 10.2 Å². The fourth-order valence-corrected chi connectivity index (χ4v) is 2.88. The minimum Gasteiger partial charge on any atom is -0.380 e. The summed E-state index contributed by atoms with van der Waals surface area (Å²) in [5.41, 5.74) is 8.17. The molecule has 1 atom stereocenters. The van der Waals surface area contributed by atoms with Gasteiger partial charge in [-0.05, 0) is 36.1 Å². The van der Waals surface area contributed by atoms with Gasteiger partial charge < -0.3 is 15.8 Å². The van der Waals surface area contributed by atoms with Crippen molar-refractivity contribution in [2.24, 2.45) is 11.1 Å². The normalized spacial score (nSPS) is 21.0. The van der Waals surface area contributed by atoms with Crippen LogP contribution in [-0.2, 0) is 22.7 Å². The van der Waals surface area contributed by atoms with Gasteiger partial charge in [0.15, 0.2) is 0 Å². The Morgan fingerprint density at radius 3 is 2.83 bits per heavy atom. The third kappa shape index (κ3) is 6.11. The van der Waals surface area contributed by atoms with Gasteiger partial charge in [-0.25, -0.2) is 0 Å². The summed E-state index contributed by atoms with van der Waals surface area (Å²) in [5.74, 6) is 0.0680. The highest BCUT2D eigenvalue weighted by Gasteiger charge is 2.32. The largest absolute Gasteiger partial charge is 0.380 e. The van der Waals surface area contributed by atoms with Crippen molar-refractivity contribution in [1.29, 1.82) is 0 Å². The van der Waals surface area contributed by atoms with Crippen LogP contribution in [0.25, 0.3) is 0 Å². The number of ether oxygens (including phenoxy) is 1. The quantitative estimate of drug-likeness (QED) is 0.789. The van der Waals surface area contributed by atoms with Gasteiger partial charge in [0.1, 0.15) is 0 Å². The van der Waals surface area contributed by atoms with Gasteiger partial charge >= 0.3 is 0 Å². The number of likely N-dealkylation sites (tertiary alicyclic amines) is 1. The summed E-state index contributed by atoms with van der Waals surface area (Å²) in [6.45, 7) is 6.31. The average molecular weight is 342 g/mol. The fraction of sp³-hybridized carbons (Fsp3) is 0.588. The maximum absolute atomic E-state index is 12.1. The Morgan fingerprint density at radius 1 is 1.43 bits per heavy atom. The third-order valence-electron chi connectivity index (χ3n) is 4.29. The van der Waals surface area contributed by atoms with Crippen LogP contribution in [0.2, 0.25) is 0 Å². The van der Waals surface area contributed by atoms with Crippen molar-refractivity contribution in [2.75, 3.05) is 33.3 Å². The van der Waals surface area contributed by atoms with E-state index in [2.05, 4.69) is 23.2 Å². The lowest BCUT2D eigenvalue weighted by atomic mass is 9.90. The van der Waals surface area contributed by atoms with Gasteiger partial charge in [-0.2, -0.15) is 0 Å². The Labute approximate surface area is 145 Å². The molecule has 0 aliphatic carbocycles. The van der Waals surface area contributed by atoms with E-state index in [0.717, 1.165) is 30.6 Å². The molecule has 0 bridgehead atoms. The zero-order chi connectivity index (χ0) is 16.0. The standard InChI is InChI=1S/C17H27N3O2.ClH/c1-17(12-18)6-7-20(13-17)10-16(21)19-9-14-4-3-5-15(8-14)11-22-2;/h3-5,8H,6-7,9-13,18H2,1-2H3,(H,19,21);1H. The minimum absolute atomic E-state index is 0. The molecule has 23 heavy (non-hydrogen) atoms. The maximum Gasteiger partial charge on any atom is 0.234 e. The van der Waals surface area contributed by atoms with Gasteiger partial charge in [0.05, 0.1) is 13.2 Å². The molecule has 3 N–H and O–H groups in total. The molecular formula is C17H28ClN3O2. The van der Waals surface area contributed by atoms with Gasteiger partial charge in [0.2, 0.25) is 5.91 Å². The van der Waals surface area contributed by atoms with Crippen molar-refractivity contribution in [3.63, 3.8) is 0 Å². The smallest absolute Gasteiger partial charge is 0.234 e. The number of carbonyl (C=O) groups excluding carboxylic acids is 1. The number of benzene rings is 1. The highest BCUT2D eigenvalue weighted by atomic mass is 35.5. The van der Waals surface area contributed by atoms with Crippen molar-refractivity contribution in [3.8, 4) is 0 Å². The molecule has 1 aliphatic heterocycles. The monoisotopic (exact) mass is 341 g/mol. The van der Waals surface area contributed by atoms with Crippen LogP contribution in [0.3, 0.4) is 0 Å². The van der Waals surface area contributed by atoms with Crippen molar-refractivity contribution >= 4 is 18.3 Å². The van der Waals surface area contributed by atoms with Crippen LogP contribution in [0.1, 0.15) is 24.5 Å². The summed E-state index contributed by atoms with van der Waals surface area (Å²) in [5, 5.41) is 2.99. The molecule has 5 nitrogen and oxygen atoms in total. The number of nitrogens with two attached hydrogens (primary N) is 1. The number of carbonyl (C=O) groups is 1. The summed E-state index contributed by atoms with van der Waals surface area (Å²) >= 11 is 0. The summed E-state index contributed by atoms with van der Waals surface area (Å²) in [6.07, 6.45) is 1.07. The first kappa shape index (κ1) is 19.9. The number of rotatable bonds is 7. The molecular weight excluding hydrogens is 314 g/mol. The van der Waals surface area contributed by atoms with Gasteiger partial charge in [-0.1, -0.05) is 31.2 Å². The molecule has 0 saturated carbocycles. The first-order chi connectivity index (χ1) is 10.5. The summed E-state index contributed by atoms with van der Waals surface area (Å²) < 4.78 is 5.12. The molecule has 1 saturated heterocycles. The van der Waals surface area contributed by atoms with Crippen LogP contribution < -0.4 is 11.1 Å². The topological polar surface area (TPSA) is 67.6 Å². The molecule has 1 amide bonds. The summed E-state index contributed by atoms with van der Waals surface area (Å²) in [6, 6.07) is 8.08. The van der Waals surface area contributed by atoms with Crippen LogP contribution in [0, 0.1) is 5.41 Å². The lowest BCUT2D eigenvalue weighted by Gasteiger charge is -2.22. The maximum atomic E-state index is 12.1. The van der Waals surface area contributed by atoms with Crippen molar-refractivity contribution in [2.45, 2.75) is 26.5 Å². The van der Waals surface area contributed by atoms with E-state index in [-0.39, 0.29) is 23.7 Å². The second-order valence-electron chi connectivity index (χ2n) is 6.51. The molecule has 1 aromatic rings. The molecule has 6 heteroatoms. The molecule has 130 valence electrons. The van der Waals surface area contributed by atoms with E-state index in [0.29, 0.717) is 26.2 Å². The molecule has 1 fully saturated rings. The van der Waals surface area contributed by atoms with Crippen LogP contribution in [0.15, 0.2) is 24.3 Å². The van der Waals surface area contributed by atoms with Crippen LogP contribution in [0.4, 0.5) is 0 Å². The second kappa shape index (κ2) is 9.23. The first-order valence-electron chi connectivity index (χ1n) is 7.80. The van der Waals surface area contributed by atoms with E-state index in [4.69, 9.17) is 10.5 Å². The zero-order valence-corrected chi connectivity index (χ0v) is 14.8. The second-order valence-corrected chi connectivity index (χ2v) is 6.51. The lowest BCUT2D eigenvalue weighted by molar-refractivity contribution is -0.122. The number of hydrogen-bond donors (Lipinski definition) is 2. The van der Waals surface area contributed by atoms with Crippen molar-refractivity contribution in [3.05, 3.63) is 35.4 Å². The van der Waals surface area contributed by atoms with Crippen molar-refractivity contribution < 1.29 is 9.53 Å². The molecule has 1 unspecified atom stereocenters.